The van der Waals surface area contributed by atoms with Crippen molar-refractivity contribution in [2.24, 2.45) is 11.0 Å². The van der Waals surface area contributed by atoms with E-state index in [4.69, 9.17) is 13.7 Å². The summed E-state index contributed by atoms with van der Waals surface area (Å²) >= 11 is 0. The van der Waals surface area contributed by atoms with E-state index in [-0.39, 0.29) is 24.3 Å². The quantitative estimate of drug-likeness (QED) is 0.421. The molecule has 0 bridgehead atoms. The molecule has 0 aliphatic carbocycles. The first-order valence-electron chi connectivity index (χ1n) is 11.3. The first kappa shape index (κ1) is 21.8. The van der Waals surface area contributed by atoms with Crippen molar-refractivity contribution in [1.82, 2.24) is 20.6 Å². The first-order chi connectivity index (χ1) is 16.5. The van der Waals surface area contributed by atoms with Crippen LogP contribution < -0.4 is 10.2 Å². The summed E-state index contributed by atoms with van der Waals surface area (Å²) in [5, 5.41) is 8.23. The van der Waals surface area contributed by atoms with Crippen molar-refractivity contribution >= 4 is 22.7 Å². The number of hydrogen-bond acceptors (Lipinski definition) is 8. The molecular formula is C25H25N5O4. The lowest BCUT2D eigenvalue weighted by atomic mass is 9.90. The zero-order valence-electron chi connectivity index (χ0n) is 19.2. The van der Waals surface area contributed by atoms with Gasteiger partial charge in [0.1, 0.15) is 11.3 Å². The van der Waals surface area contributed by atoms with Gasteiger partial charge in [0.25, 0.3) is 5.89 Å². The summed E-state index contributed by atoms with van der Waals surface area (Å²) < 4.78 is 17.0. The predicted octanol–water partition coefficient (Wildman–Crippen LogP) is 4.83. The second-order valence-corrected chi connectivity index (χ2v) is 8.56. The van der Waals surface area contributed by atoms with Crippen LogP contribution >= 0.6 is 0 Å². The topological polar surface area (TPSA) is 116 Å². The molecule has 174 valence electrons. The van der Waals surface area contributed by atoms with Crippen molar-refractivity contribution in [3.63, 3.8) is 0 Å². The van der Waals surface area contributed by atoms with Crippen LogP contribution in [0.4, 0.5) is 0 Å². The van der Waals surface area contributed by atoms with Crippen LogP contribution in [0.25, 0.3) is 22.6 Å². The number of carbonyl (C=O) groups excluding carboxylic acids is 1. The normalized spacial score (nSPS) is 16.1. The van der Waals surface area contributed by atoms with Gasteiger partial charge in [0.2, 0.25) is 11.8 Å². The number of fused-ring (bicyclic) bond motifs is 1. The van der Waals surface area contributed by atoms with E-state index in [1.807, 2.05) is 56.3 Å². The maximum absolute atomic E-state index is 11.7. The molecule has 2 aromatic heterocycles. The van der Waals surface area contributed by atoms with Crippen LogP contribution in [0.5, 0.6) is 5.75 Å². The van der Waals surface area contributed by atoms with Gasteiger partial charge in [-0.3, -0.25) is 4.79 Å². The van der Waals surface area contributed by atoms with Gasteiger partial charge >= 0.3 is 0 Å². The van der Waals surface area contributed by atoms with Gasteiger partial charge in [0.05, 0.1) is 5.71 Å². The van der Waals surface area contributed by atoms with Crippen molar-refractivity contribution in [2.45, 2.75) is 46.1 Å². The molecule has 0 saturated heterocycles. The van der Waals surface area contributed by atoms with E-state index < -0.39 is 0 Å². The largest absolute Gasteiger partial charge is 0.484 e. The molecule has 9 nitrogen and oxygen atoms in total. The molecule has 1 aliphatic heterocycles. The molecule has 1 aliphatic rings. The van der Waals surface area contributed by atoms with Gasteiger partial charge in [-0.15, -0.1) is 0 Å². The van der Waals surface area contributed by atoms with E-state index in [1.54, 1.807) is 0 Å². The zero-order valence-corrected chi connectivity index (χ0v) is 19.2. The van der Waals surface area contributed by atoms with Crippen LogP contribution in [0.3, 0.4) is 0 Å². The molecule has 2 aromatic carbocycles. The number of carbonyl (C=O) groups is 1. The SMILES string of the molecule is CCC1CC(=O)NN=C1c1ccc2nc(-c3ccc(OCc4nc(C(C)C)no4)cc3)oc2c1. The third-order valence-electron chi connectivity index (χ3n) is 5.76. The summed E-state index contributed by atoms with van der Waals surface area (Å²) in [6.07, 6.45) is 1.28. The molecule has 3 heterocycles. The van der Waals surface area contributed by atoms with Gasteiger partial charge in [-0.25, -0.2) is 10.4 Å². The number of nitrogens with one attached hydrogen (secondary N) is 1. The Kier molecular flexibility index (Phi) is 5.83. The summed E-state index contributed by atoms with van der Waals surface area (Å²) in [5.41, 5.74) is 6.63. The number of amides is 1. The minimum atomic E-state index is -0.0524. The average molecular weight is 460 g/mol. The minimum Gasteiger partial charge on any atom is -0.484 e. The highest BCUT2D eigenvalue weighted by Gasteiger charge is 2.24. The van der Waals surface area contributed by atoms with E-state index in [0.717, 1.165) is 28.8 Å². The van der Waals surface area contributed by atoms with Crippen molar-refractivity contribution in [3.8, 4) is 17.2 Å². The third-order valence-corrected chi connectivity index (χ3v) is 5.76. The van der Waals surface area contributed by atoms with Gasteiger partial charge in [-0.05, 0) is 42.8 Å². The molecule has 0 fully saturated rings. The second-order valence-electron chi connectivity index (χ2n) is 8.56. The molecule has 4 aromatic rings. The number of rotatable bonds is 7. The molecule has 1 unspecified atom stereocenters. The number of hydrogen-bond donors (Lipinski definition) is 1. The summed E-state index contributed by atoms with van der Waals surface area (Å²) in [4.78, 5) is 20.6. The van der Waals surface area contributed by atoms with Crippen LogP contribution in [-0.2, 0) is 11.4 Å². The van der Waals surface area contributed by atoms with Gasteiger partial charge in [0.15, 0.2) is 18.0 Å². The average Bonchev–Trinajstić information content (AvgIpc) is 3.50. The Balaban J connectivity index is 1.31. The smallest absolute Gasteiger partial charge is 0.264 e. The van der Waals surface area contributed by atoms with Crippen molar-refractivity contribution in [1.29, 1.82) is 0 Å². The Labute approximate surface area is 196 Å². The lowest BCUT2D eigenvalue weighted by Gasteiger charge is -2.21. The lowest BCUT2D eigenvalue weighted by molar-refractivity contribution is -0.122. The molecule has 0 spiro atoms. The third kappa shape index (κ3) is 4.41. The molecule has 34 heavy (non-hydrogen) atoms. The number of oxazole rings is 1. The number of benzene rings is 2. The van der Waals surface area contributed by atoms with E-state index in [1.165, 1.54) is 0 Å². The molecule has 0 saturated carbocycles. The van der Waals surface area contributed by atoms with Crippen molar-refractivity contribution < 1.29 is 18.5 Å². The highest BCUT2D eigenvalue weighted by molar-refractivity contribution is 6.07. The van der Waals surface area contributed by atoms with E-state index in [9.17, 15) is 4.79 Å². The van der Waals surface area contributed by atoms with E-state index in [0.29, 0.717) is 35.4 Å². The van der Waals surface area contributed by atoms with Crippen LogP contribution in [-0.4, -0.2) is 26.7 Å². The van der Waals surface area contributed by atoms with Crippen molar-refractivity contribution in [2.75, 3.05) is 0 Å². The van der Waals surface area contributed by atoms with Crippen molar-refractivity contribution in [3.05, 3.63) is 59.7 Å². The first-order valence-corrected chi connectivity index (χ1v) is 11.3. The predicted molar refractivity (Wildman–Crippen MR) is 125 cm³/mol. The number of ether oxygens (including phenoxy) is 1. The molecule has 9 heteroatoms. The van der Waals surface area contributed by atoms with E-state index in [2.05, 4.69) is 32.6 Å². The second kappa shape index (κ2) is 9.09. The molecular weight excluding hydrogens is 434 g/mol. The number of hydrazone groups is 1. The summed E-state index contributed by atoms with van der Waals surface area (Å²) in [5.74, 6) is 2.54. The summed E-state index contributed by atoms with van der Waals surface area (Å²) in [7, 11) is 0. The van der Waals surface area contributed by atoms with Crippen LogP contribution in [0.1, 0.15) is 56.8 Å². The number of aromatic nitrogens is 3. The zero-order chi connectivity index (χ0) is 23.7. The minimum absolute atomic E-state index is 0.0524. The summed E-state index contributed by atoms with van der Waals surface area (Å²) in [6.45, 7) is 6.27. The molecule has 1 N–H and O–H groups in total. The van der Waals surface area contributed by atoms with Gasteiger partial charge < -0.3 is 13.7 Å². The monoisotopic (exact) mass is 459 g/mol. The lowest BCUT2D eigenvalue weighted by Crippen LogP contribution is -2.33. The maximum atomic E-state index is 11.7. The molecule has 1 atom stereocenters. The van der Waals surface area contributed by atoms with Crippen LogP contribution in [0.15, 0.2) is 56.5 Å². The standard InChI is InChI=1S/C25H25N5O4/c1-4-15-12-21(31)28-29-23(15)17-7-10-19-20(11-17)33-25(26-19)16-5-8-18(9-6-16)32-13-22-27-24(14(2)3)30-34-22/h5-11,14-15H,4,12-13H2,1-3H3,(H,28,31). The fraction of sp³-hybridized carbons (Fsp3) is 0.320. The summed E-state index contributed by atoms with van der Waals surface area (Å²) in [6, 6.07) is 13.3. The molecule has 5 rings (SSSR count). The fourth-order valence-corrected chi connectivity index (χ4v) is 3.83. The molecule has 0 radical (unpaired) electrons. The fourth-order valence-electron chi connectivity index (χ4n) is 3.83. The van der Waals surface area contributed by atoms with Crippen LogP contribution in [0.2, 0.25) is 0 Å². The van der Waals surface area contributed by atoms with E-state index >= 15 is 0 Å². The Hall–Kier alpha value is -4.01. The van der Waals surface area contributed by atoms with Crippen LogP contribution in [0, 0.1) is 5.92 Å². The maximum Gasteiger partial charge on any atom is 0.264 e. The molecule has 1 amide bonds. The van der Waals surface area contributed by atoms with Gasteiger partial charge in [-0.1, -0.05) is 32.0 Å². The van der Waals surface area contributed by atoms with Gasteiger partial charge in [-0.2, -0.15) is 10.1 Å². The number of nitrogens with zero attached hydrogens (tertiary/aromatic N) is 4. The highest BCUT2D eigenvalue weighted by Crippen LogP contribution is 2.28. The Morgan fingerprint density at radius 3 is 2.65 bits per heavy atom. The Bertz CT molecular complexity index is 1350. The Morgan fingerprint density at radius 2 is 1.91 bits per heavy atom. The van der Waals surface area contributed by atoms with Gasteiger partial charge in [0, 0.05) is 29.4 Å². The Morgan fingerprint density at radius 1 is 1.12 bits per heavy atom. The highest BCUT2D eigenvalue weighted by atomic mass is 16.5.